The highest BCUT2D eigenvalue weighted by Crippen LogP contribution is 2.12. The van der Waals surface area contributed by atoms with Crippen LogP contribution in [0.3, 0.4) is 0 Å². The normalized spacial score (nSPS) is 13.2. The highest BCUT2D eigenvalue weighted by molar-refractivity contribution is 5.89. The van der Waals surface area contributed by atoms with Crippen molar-refractivity contribution >= 4 is 18.0 Å². The third-order valence-electron chi connectivity index (χ3n) is 4.34. The quantitative estimate of drug-likeness (QED) is 0.485. The zero-order chi connectivity index (χ0) is 22.9. The molecule has 1 aromatic rings. The van der Waals surface area contributed by atoms with Crippen LogP contribution < -0.4 is 5.32 Å². The fourth-order valence-electron chi connectivity index (χ4n) is 2.43. The van der Waals surface area contributed by atoms with E-state index in [9.17, 15) is 18.8 Å². The summed E-state index contributed by atoms with van der Waals surface area (Å²) < 4.78 is 23.7. The van der Waals surface area contributed by atoms with E-state index in [2.05, 4.69) is 5.32 Å². The first-order chi connectivity index (χ1) is 13.9. The molecule has 0 saturated heterocycles. The molecule has 0 aromatic heterocycles. The first-order valence-corrected chi connectivity index (χ1v) is 10.1. The second-order valence-electron chi connectivity index (χ2n) is 8.18. The fraction of sp³-hybridized carbons (Fsp3) is 0.591. The van der Waals surface area contributed by atoms with Crippen LogP contribution in [0.1, 0.15) is 53.0 Å². The average molecular weight is 425 g/mol. The van der Waals surface area contributed by atoms with Crippen LogP contribution in [0, 0.1) is 5.82 Å². The van der Waals surface area contributed by atoms with Gasteiger partial charge in [-0.25, -0.2) is 14.0 Å². The average Bonchev–Trinajstić information content (AvgIpc) is 2.66. The van der Waals surface area contributed by atoms with E-state index in [1.54, 1.807) is 32.9 Å². The van der Waals surface area contributed by atoms with Gasteiger partial charge in [-0.2, -0.15) is 0 Å². The van der Waals surface area contributed by atoms with E-state index in [-0.39, 0.29) is 13.0 Å². The Morgan fingerprint density at radius 2 is 1.77 bits per heavy atom. The Morgan fingerprint density at radius 1 is 1.17 bits per heavy atom. The zero-order valence-electron chi connectivity index (χ0n) is 18.7. The number of ether oxygens (including phenoxy) is 2. The first kappa shape index (κ1) is 25.4. The smallest absolute Gasteiger partial charge is 0.410 e. The van der Waals surface area contributed by atoms with E-state index in [1.807, 2.05) is 6.92 Å². The van der Waals surface area contributed by atoms with Crippen molar-refractivity contribution in [2.24, 2.45) is 0 Å². The van der Waals surface area contributed by atoms with E-state index in [0.29, 0.717) is 12.0 Å². The van der Waals surface area contributed by atoms with Crippen molar-refractivity contribution in [3.8, 4) is 0 Å². The van der Waals surface area contributed by atoms with Gasteiger partial charge in [0.05, 0.1) is 6.61 Å². The maximum absolute atomic E-state index is 13.2. The number of nitrogens with zero attached hydrogens (tertiary/aromatic N) is 1. The van der Waals surface area contributed by atoms with Crippen molar-refractivity contribution in [2.45, 2.75) is 71.6 Å². The Morgan fingerprint density at radius 3 is 2.30 bits per heavy atom. The molecule has 2 amide bonds. The lowest BCUT2D eigenvalue weighted by atomic mass is 10.1. The van der Waals surface area contributed by atoms with Crippen LogP contribution in [0.25, 0.3) is 0 Å². The highest BCUT2D eigenvalue weighted by atomic mass is 19.1. The van der Waals surface area contributed by atoms with Crippen LogP contribution in [0.5, 0.6) is 0 Å². The lowest BCUT2D eigenvalue weighted by molar-refractivity contribution is -0.148. The van der Waals surface area contributed by atoms with Crippen LogP contribution in [0.2, 0.25) is 0 Å². The minimum atomic E-state index is -0.964. The topological polar surface area (TPSA) is 84.9 Å². The number of unbranched alkanes of at least 4 members (excludes halogenated alkanes) is 1. The molecule has 30 heavy (non-hydrogen) atoms. The van der Waals surface area contributed by atoms with Gasteiger partial charge in [-0.1, -0.05) is 25.5 Å². The van der Waals surface area contributed by atoms with Crippen molar-refractivity contribution < 1.29 is 28.2 Å². The molecule has 2 atom stereocenters. The molecule has 168 valence electrons. The number of hydrogen-bond acceptors (Lipinski definition) is 5. The molecule has 0 bridgehead atoms. The van der Waals surface area contributed by atoms with Gasteiger partial charge in [0.15, 0.2) is 0 Å². The second-order valence-corrected chi connectivity index (χ2v) is 8.18. The summed E-state index contributed by atoms with van der Waals surface area (Å²) in [6.07, 6.45) is 1.06. The molecule has 0 unspecified atom stereocenters. The van der Waals surface area contributed by atoms with E-state index in [4.69, 9.17) is 9.47 Å². The molecule has 0 saturated carbocycles. The lowest BCUT2D eigenvalue weighted by Crippen LogP contribution is -2.52. The number of benzene rings is 1. The standard InChI is InChI=1S/C22H33FN2O5/c1-7-8-13-29-20(27)18(14-16-9-11-17(23)12-10-16)24-19(26)15(2)25(6)21(28)30-22(3,4)5/h9-12,15,18H,7-8,13-14H2,1-6H3,(H,24,26)/t15-,18-/m1/s1. The van der Waals surface area contributed by atoms with Gasteiger partial charge in [0.25, 0.3) is 0 Å². The van der Waals surface area contributed by atoms with Crippen LogP contribution >= 0.6 is 0 Å². The molecule has 0 heterocycles. The van der Waals surface area contributed by atoms with Crippen molar-refractivity contribution in [1.82, 2.24) is 10.2 Å². The van der Waals surface area contributed by atoms with Gasteiger partial charge in [-0.3, -0.25) is 9.69 Å². The summed E-state index contributed by atoms with van der Waals surface area (Å²) in [7, 11) is 1.45. The maximum Gasteiger partial charge on any atom is 0.410 e. The molecule has 7 nitrogen and oxygen atoms in total. The Bertz CT molecular complexity index is 715. The minimum Gasteiger partial charge on any atom is -0.464 e. The molecule has 0 aliphatic rings. The van der Waals surface area contributed by atoms with E-state index in [1.165, 1.54) is 26.1 Å². The number of carbonyl (C=O) groups is 3. The number of carbonyl (C=O) groups excluding carboxylic acids is 3. The monoisotopic (exact) mass is 424 g/mol. The molecule has 0 spiro atoms. The Kier molecular flexibility index (Phi) is 9.75. The molecular formula is C22H33FN2O5. The summed E-state index contributed by atoms with van der Waals surface area (Å²) in [6.45, 7) is 8.95. The second kappa shape index (κ2) is 11.5. The number of amides is 2. The summed E-state index contributed by atoms with van der Waals surface area (Å²) in [5, 5.41) is 2.65. The highest BCUT2D eigenvalue weighted by Gasteiger charge is 2.30. The summed E-state index contributed by atoms with van der Waals surface area (Å²) in [6, 6.07) is 3.83. The van der Waals surface area contributed by atoms with E-state index in [0.717, 1.165) is 11.3 Å². The number of nitrogens with one attached hydrogen (secondary N) is 1. The molecule has 1 aromatic carbocycles. The van der Waals surface area contributed by atoms with Crippen LogP contribution in [-0.4, -0.2) is 54.2 Å². The van der Waals surface area contributed by atoms with Gasteiger partial charge >= 0.3 is 12.1 Å². The molecular weight excluding hydrogens is 391 g/mol. The predicted molar refractivity (Wildman–Crippen MR) is 111 cm³/mol. The van der Waals surface area contributed by atoms with E-state index >= 15 is 0 Å². The van der Waals surface area contributed by atoms with Crippen LogP contribution in [0.4, 0.5) is 9.18 Å². The SMILES string of the molecule is CCCCOC(=O)[C@@H](Cc1ccc(F)cc1)NC(=O)[C@@H](C)N(C)C(=O)OC(C)(C)C. The van der Waals surface area contributed by atoms with Crippen LogP contribution in [0.15, 0.2) is 24.3 Å². The molecule has 0 radical (unpaired) electrons. The van der Waals surface area contributed by atoms with Crippen LogP contribution in [-0.2, 0) is 25.5 Å². The van der Waals surface area contributed by atoms with E-state index < -0.39 is 41.5 Å². The Balaban J connectivity index is 2.87. The predicted octanol–water partition coefficient (Wildman–Crippen LogP) is 3.45. The number of hydrogen-bond donors (Lipinski definition) is 1. The van der Waals surface area contributed by atoms with Crippen molar-refractivity contribution in [2.75, 3.05) is 13.7 Å². The minimum absolute atomic E-state index is 0.139. The maximum atomic E-state index is 13.2. The molecule has 0 fully saturated rings. The molecule has 0 aliphatic heterocycles. The molecule has 0 aliphatic carbocycles. The van der Waals surface area contributed by atoms with Crippen molar-refractivity contribution in [3.63, 3.8) is 0 Å². The number of rotatable bonds is 9. The first-order valence-electron chi connectivity index (χ1n) is 10.1. The number of esters is 1. The third kappa shape index (κ3) is 8.80. The van der Waals surface area contributed by atoms with Crippen molar-refractivity contribution in [1.29, 1.82) is 0 Å². The molecule has 8 heteroatoms. The van der Waals surface area contributed by atoms with Gasteiger partial charge < -0.3 is 14.8 Å². The fourth-order valence-corrected chi connectivity index (χ4v) is 2.43. The Labute approximate surface area is 177 Å². The zero-order valence-corrected chi connectivity index (χ0v) is 18.7. The van der Waals surface area contributed by atoms with Gasteiger partial charge in [0.2, 0.25) is 5.91 Å². The summed E-state index contributed by atoms with van der Waals surface area (Å²) in [5.74, 6) is -1.49. The molecule has 1 N–H and O–H groups in total. The summed E-state index contributed by atoms with van der Waals surface area (Å²) in [5.41, 5.74) is -0.0299. The van der Waals surface area contributed by atoms with Gasteiger partial charge in [-0.15, -0.1) is 0 Å². The largest absolute Gasteiger partial charge is 0.464 e. The third-order valence-corrected chi connectivity index (χ3v) is 4.34. The number of likely N-dealkylation sites (N-methyl/N-ethyl adjacent to an activating group) is 1. The van der Waals surface area contributed by atoms with Gasteiger partial charge in [0, 0.05) is 13.5 Å². The lowest BCUT2D eigenvalue weighted by Gasteiger charge is -2.29. The summed E-state index contributed by atoms with van der Waals surface area (Å²) >= 11 is 0. The van der Waals surface area contributed by atoms with Gasteiger partial charge in [-0.05, 0) is 51.8 Å². The Hall–Kier alpha value is -2.64. The van der Waals surface area contributed by atoms with Crippen molar-refractivity contribution in [3.05, 3.63) is 35.6 Å². The van der Waals surface area contributed by atoms with Gasteiger partial charge in [0.1, 0.15) is 23.5 Å². The molecule has 1 rings (SSSR count). The number of halogens is 1. The summed E-state index contributed by atoms with van der Waals surface area (Å²) in [4.78, 5) is 38.6.